The summed E-state index contributed by atoms with van der Waals surface area (Å²) in [5.74, 6) is 0.495. The van der Waals surface area contributed by atoms with Crippen LogP contribution in [0, 0.1) is 11.3 Å². The van der Waals surface area contributed by atoms with E-state index in [1.54, 1.807) is 0 Å². The van der Waals surface area contributed by atoms with E-state index in [4.69, 9.17) is 5.73 Å². The van der Waals surface area contributed by atoms with Crippen LogP contribution in [0.4, 0.5) is 0 Å². The molecule has 3 nitrogen and oxygen atoms in total. The lowest BCUT2D eigenvalue weighted by molar-refractivity contribution is -0.122. The Kier molecular flexibility index (Phi) is 6.25. The van der Waals surface area contributed by atoms with E-state index in [-0.39, 0.29) is 11.3 Å². The largest absolute Gasteiger partial charge is 0.353 e. The lowest BCUT2D eigenvalue weighted by atomic mass is 9.80. The smallest absolute Gasteiger partial charge is 0.220 e. The zero-order chi connectivity index (χ0) is 11.9. The van der Waals surface area contributed by atoms with Gasteiger partial charge in [0.2, 0.25) is 5.91 Å². The quantitative estimate of drug-likeness (QED) is 0.681. The molecule has 3 heteroatoms. The first-order valence-electron chi connectivity index (χ1n) is 5.49. The molecule has 0 aliphatic heterocycles. The number of carbonyl (C=O) groups excluding carboxylic acids is 1. The minimum atomic E-state index is 0.110. The Bertz CT molecular complexity index is 216. The van der Waals surface area contributed by atoms with E-state index in [9.17, 15) is 4.79 Å². The van der Waals surface area contributed by atoms with E-state index < -0.39 is 0 Å². The summed E-state index contributed by atoms with van der Waals surface area (Å²) in [6, 6.07) is 0. The van der Waals surface area contributed by atoms with Crippen LogP contribution in [0.25, 0.3) is 0 Å². The molecular weight excluding hydrogens is 188 g/mol. The number of rotatable bonds is 5. The first-order chi connectivity index (χ1) is 6.88. The summed E-state index contributed by atoms with van der Waals surface area (Å²) in [5, 5.41) is 2.84. The number of amides is 1. The van der Waals surface area contributed by atoms with Crippen LogP contribution < -0.4 is 11.1 Å². The first kappa shape index (κ1) is 14.2. The zero-order valence-corrected chi connectivity index (χ0v) is 10.3. The predicted molar refractivity (Wildman–Crippen MR) is 64.4 cm³/mol. The average molecular weight is 212 g/mol. The highest BCUT2D eigenvalue weighted by Gasteiger charge is 2.22. The number of nitrogens with two attached hydrogens (primary N) is 1. The van der Waals surface area contributed by atoms with Crippen molar-refractivity contribution in [3.05, 3.63) is 12.2 Å². The van der Waals surface area contributed by atoms with E-state index in [2.05, 4.69) is 33.0 Å². The van der Waals surface area contributed by atoms with Gasteiger partial charge in [-0.2, -0.15) is 0 Å². The van der Waals surface area contributed by atoms with Gasteiger partial charge in [0, 0.05) is 19.5 Å². The molecule has 0 saturated carbocycles. The van der Waals surface area contributed by atoms with E-state index in [0.717, 1.165) is 0 Å². The van der Waals surface area contributed by atoms with Crippen molar-refractivity contribution >= 4 is 5.91 Å². The van der Waals surface area contributed by atoms with Crippen LogP contribution in [-0.4, -0.2) is 19.0 Å². The van der Waals surface area contributed by atoms with Crippen molar-refractivity contribution in [3.63, 3.8) is 0 Å². The van der Waals surface area contributed by atoms with Crippen molar-refractivity contribution in [1.82, 2.24) is 5.32 Å². The maximum Gasteiger partial charge on any atom is 0.220 e. The van der Waals surface area contributed by atoms with Crippen LogP contribution in [0.2, 0.25) is 0 Å². The van der Waals surface area contributed by atoms with Crippen molar-refractivity contribution in [2.75, 3.05) is 13.1 Å². The van der Waals surface area contributed by atoms with Crippen LogP contribution in [0.3, 0.4) is 0 Å². The van der Waals surface area contributed by atoms with Gasteiger partial charge in [0.25, 0.3) is 0 Å². The van der Waals surface area contributed by atoms with Gasteiger partial charge in [0.1, 0.15) is 0 Å². The van der Waals surface area contributed by atoms with Crippen LogP contribution in [-0.2, 0) is 4.79 Å². The van der Waals surface area contributed by atoms with Crippen molar-refractivity contribution < 1.29 is 4.79 Å². The standard InChI is InChI=1S/C12H24N2O/c1-10(12(2,3)4)9-11(15)14-8-6-5-7-13/h5-6,10H,7-9,13H2,1-4H3,(H,14,15)/b6-5+. The number of nitrogens with one attached hydrogen (secondary N) is 1. The molecule has 1 unspecified atom stereocenters. The fraction of sp³-hybridized carbons (Fsp3) is 0.750. The fourth-order valence-electron chi connectivity index (χ4n) is 1.01. The highest BCUT2D eigenvalue weighted by Crippen LogP contribution is 2.27. The summed E-state index contributed by atoms with van der Waals surface area (Å²) in [4.78, 5) is 11.5. The molecule has 0 radical (unpaired) electrons. The SMILES string of the molecule is CC(CC(=O)NC/C=C/CN)C(C)(C)C. The maximum atomic E-state index is 11.5. The molecule has 0 aromatic rings. The zero-order valence-electron chi connectivity index (χ0n) is 10.3. The molecular formula is C12H24N2O. The second-order valence-corrected chi connectivity index (χ2v) is 4.98. The van der Waals surface area contributed by atoms with Gasteiger partial charge in [0.15, 0.2) is 0 Å². The van der Waals surface area contributed by atoms with E-state index in [1.165, 1.54) is 0 Å². The molecule has 0 spiro atoms. The van der Waals surface area contributed by atoms with Gasteiger partial charge < -0.3 is 11.1 Å². The Hall–Kier alpha value is -0.830. The first-order valence-corrected chi connectivity index (χ1v) is 5.49. The van der Waals surface area contributed by atoms with Gasteiger partial charge in [-0.3, -0.25) is 4.79 Å². The Labute approximate surface area is 93.1 Å². The lowest BCUT2D eigenvalue weighted by Crippen LogP contribution is -2.29. The van der Waals surface area contributed by atoms with Gasteiger partial charge in [-0.25, -0.2) is 0 Å². The Morgan fingerprint density at radius 1 is 1.40 bits per heavy atom. The summed E-state index contributed by atoms with van der Waals surface area (Å²) >= 11 is 0. The minimum Gasteiger partial charge on any atom is -0.353 e. The van der Waals surface area contributed by atoms with Gasteiger partial charge in [-0.1, -0.05) is 39.8 Å². The Morgan fingerprint density at radius 2 is 2.00 bits per heavy atom. The molecule has 3 N–H and O–H groups in total. The summed E-state index contributed by atoms with van der Waals surface area (Å²) < 4.78 is 0. The summed E-state index contributed by atoms with van der Waals surface area (Å²) in [7, 11) is 0. The van der Waals surface area contributed by atoms with Gasteiger partial charge in [0.05, 0.1) is 0 Å². The van der Waals surface area contributed by atoms with Crippen LogP contribution in [0.1, 0.15) is 34.1 Å². The highest BCUT2D eigenvalue weighted by atomic mass is 16.1. The lowest BCUT2D eigenvalue weighted by Gasteiger charge is -2.26. The third kappa shape index (κ3) is 7.14. The second-order valence-electron chi connectivity index (χ2n) is 4.98. The number of hydrogen-bond acceptors (Lipinski definition) is 2. The summed E-state index contributed by atoms with van der Waals surface area (Å²) in [6.45, 7) is 9.66. The molecule has 15 heavy (non-hydrogen) atoms. The molecule has 0 aliphatic carbocycles. The maximum absolute atomic E-state index is 11.5. The van der Waals surface area contributed by atoms with Crippen molar-refractivity contribution in [1.29, 1.82) is 0 Å². The molecule has 0 fully saturated rings. The van der Waals surface area contributed by atoms with Gasteiger partial charge in [-0.15, -0.1) is 0 Å². The Morgan fingerprint density at radius 3 is 2.47 bits per heavy atom. The van der Waals surface area contributed by atoms with Crippen LogP contribution in [0.5, 0.6) is 0 Å². The topological polar surface area (TPSA) is 55.1 Å². The molecule has 0 rings (SSSR count). The number of hydrogen-bond donors (Lipinski definition) is 2. The predicted octanol–water partition coefficient (Wildman–Crippen LogP) is 1.69. The molecule has 88 valence electrons. The van der Waals surface area contributed by atoms with E-state index >= 15 is 0 Å². The van der Waals surface area contributed by atoms with Crippen molar-refractivity contribution in [3.8, 4) is 0 Å². The van der Waals surface area contributed by atoms with E-state index in [1.807, 2.05) is 12.2 Å². The molecule has 0 aromatic heterocycles. The minimum absolute atomic E-state index is 0.110. The normalized spacial score (nSPS) is 14.2. The third-order valence-electron chi connectivity index (χ3n) is 2.69. The summed E-state index contributed by atoms with van der Waals surface area (Å²) in [6.07, 6.45) is 4.30. The van der Waals surface area contributed by atoms with Gasteiger partial charge in [-0.05, 0) is 11.3 Å². The molecule has 0 aromatic carbocycles. The van der Waals surface area contributed by atoms with Crippen LogP contribution in [0.15, 0.2) is 12.2 Å². The molecule has 1 amide bonds. The van der Waals surface area contributed by atoms with Gasteiger partial charge >= 0.3 is 0 Å². The van der Waals surface area contributed by atoms with Crippen LogP contribution >= 0.6 is 0 Å². The third-order valence-corrected chi connectivity index (χ3v) is 2.69. The fourth-order valence-corrected chi connectivity index (χ4v) is 1.01. The average Bonchev–Trinajstić information content (AvgIpc) is 2.11. The molecule has 1 atom stereocenters. The molecule has 0 saturated heterocycles. The highest BCUT2D eigenvalue weighted by molar-refractivity contribution is 5.76. The molecule has 0 heterocycles. The number of carbonyl (C=O) groups is 1. The van der Waals surface area contributed by atoms with Crippen molar-refractivity contribution in [2.45, 2.75) is 34.1 Å². The second kappa shape index (κ2) is 6.62. The Balaban J connectivity index is 3.79. The van der Waals surface area contributed by atoms with Crippen molar-refractivity contribution in [2.24, 2.45) is 17.1 Å². The molecule has 0 aliphatic rings. The monoisotopic (exact) mass is 212 g/mol. The van der Waals surface area contributed by atoms with E-state index in [0.29, 0.717) is 25.4 Å². The summed E-state index contributed by atoms with van der Waals surface area (Å²) in [5.41, 5.74) is 5.47. The molecule has 0 bridgehead atoms.